The van der Waals surface area contributed by atoms with Crippen molar-refractivity contribution in [1.29, 1.82) is 0 Å². The molecule has 1 unspecified atom stereocenters. The molecule has 0 radical (unpaired) electrons. The summed E-state index contributed by atoms with van der Waals surface area (Å²) < 4.78 is 29.7. The third kappa shape index (κ3) is 3.56. The molecule has 0 saturated heterocycles. The lowest BCUT2D eigenvalue weighted by molar-refractivity contribution is -0.0498. The lowest BCUT2D eigenvalue weighted by Gasteiger charge is -2.16. The molecule has 0 bridgehead atoms. The highest BCUT2D eigenvalue weighted by atomic mass is 79.9. The highest BCUT2D eigenvalue weighted by molar-refractivity contribution is 9.10. The number of halogens is 3. The van der Waals surface area contributed by atoms with Gasteiger partial charge < -0.3 is 10.1 Å². The number of thiophene rings is 1. The van der Waals surface area contributed by atoms with Gasteiger partial charge in [0.2, 0.25) is 0 Å². The second-order valence-corrected chi connectivity index (χ2v) is 6.38. The van der Waals surface area contributed by atoms with E-state index in [4.69, 9.17) is 0 Å². The molecule has 0 aliphatic heterocycles. The molecular formula is C14H14BrF2NOS. The van der Waals surface area contributed by atoms with Gasteiger partial charge in [-0.2, -0.15) is 8.78 Å². The SMILES string of the molecule is CNC(c1ccc(OC(F)F)cc1)c1sc(C)cc1Br. The molecule has 0 spiro atoms. The molecule has 1 N–H and O–H groups in total. The van der Waals surface area contributed by atoms with Gasteiger partial charge in [0.1, 0.15) is 5.75 Å². The van der Waals surface area contributed by atoms with Crippen molar-refractivity contribution >= 4 is 27.3 Å². The fourth-order valence-electron chi connectivity index (χ4n) is 1.99. The van der Waals surface area contributed by atoms with E-state index in [1.165, 1.54) is 4.88 Å². The summed E-state index contributed by atoms with van der Waals surface area (Å²) in [6.07, 6.45) is 0. The van der Waals surface area contributed by atoms with Gasteiger partial charge in [0.05, 0.1) is 6.04 Å². The number of aryl methyl sites for hydroxylation is 1. The van der Waals surface area contributed by atoms with Crippen molar-refractivity contribution in [2.75, 3.05) is 7.05 Å². The molecule has 2 rings (SSSR count). The largest absolute Gasteiger partial charge is 0.435 e. The molecule has 1 aromatic carbocycles. The van der Waals surface area contributed by atoms with E-state index in [9.17, 15) is 8.78 Å². The van der Waals surface area contributed by atoms with E-state index in [1.54, 1.807) is 35.6 Å². The van der Waals surface area contributed by atoms with Crippen molar-refractivity contribution in [1.82, 2.24) is 5.32 Å². The Labute approximate surface area is 128 Å². The maximum absolute atomic E-state index is 12.1. The maximum Gasteiger partial charge on any atom is 0.387 e. The Morgan fingerprint density at radius 2 is 1.90 bits per heavy atom. The predicted octanol–water partition coefficient (Wildman–Crippen LogP) is 4.73. The Bertz CT molecular complexity index is 571. The average Bonchev–Trinajstić information content (AvgIpc) is 2.71. The summed E-state index contributed by atoms with van der Waals surface area (Å²) in [5.41, 5.74) is 0.997. The quantitative estimate of drug-likeness (QED) is 0.830. The number of benzene rings is 1. The molecule has 2 nitrogen and oxygen atoms in total. The first-order valence-electron chi connectivity index (χ1n) is 5.99. The molecule has 1 atom stereocenters. The molecule has 1 aromatic heterocycles. The van der Waals surface area contributed by atoms with Crippen LogP contribution in [0.4, 0.5) is 8.78 Å². The standard InChI is InChI=1S/C14H14BrF2NOS/c1-8-7-11(15)13(20-8)12(18-2)9-3-5-10(6-4-9)19-14(16)17/h3-7,12,14,18H,1-2H3. The number of alkyl halides is 2. The Kier molecular flexibility index (Phi) is 5.12. The van der Waals surface area contributed by atoms with Crippen LogP contribution < -0.4 is 10.1 Å². The molecule has 108 valence electrons. The average molecular weight is 362 g/mol. The van der Waals surface area contributed by atoms with Gasteiger partial charge in [-0.05, 0) is 53.7 Å². The molecular weight excluding hydrogens is 348 g/mol. The van der Waals surface area contributed by atoms with Gasteiger partial charge in [-0.3, -0.25) is 0 Å². The van der Waals surface area contributed by atoms with Gasteiger partial charge >= 0.3 is 6.61 Å². The van der Waals surface area contributed by atoms with Crippen molar-refractivity contribution in [3.8, 4) is 5.75 Å². The van der Waals surface area contributed by atoms with E-state index >= 15 is 0 Å². The van der Waals surface area contributed by atoms with Crippen molar-refractivity contribution in [3.63, 3.8) is 0 Å². The lowest BCUT2D eigenvalue weighted by atomic mass is 10.1. The van der Waals surface area contributed by atoms with Crippen LogP contribution in [-0.4, -0.2) is 13.7 Å². The zero-order chi connectivity index (χ0) is 14.7. The third-order valence-corrected chi connectivity index (χ3v) is 4.86. The Hall–Kier alpha value is -0.980. The highest BCUT2D eigenvalue weighted by Crippen LogP contribution is 2.35. The van der Waals surface area contributed by atoms with Crippen molar-refractivity contribution in [2.24, 2.45) is 0 Å². The van der Waals surface area contributed by atoms with E-state index in [2.05, 4.69) is 32.0 Å². The molecule has 0 aliphatic carbocycles. The van der Waals surface area contributed by atoms with E-state index in [-0.39, 0.29) is 11.8 Å². The zero-order valence-corrected chi connectivity index (χ0v) is 13.4. The monoisotopic (exact) mass is 361 g/mol. The molecule has 20 heavy (non-hydrogen) atoms. The number of hydrogen-bond acceptors (Lipinski definition) is 3. The number of nitrogens with one attached hydrogen (secondary N) is 1. The summed E-state index contributed by atoms with van der Waals surface area (Å²) in [7, 11) is 1.87. The fourth-order valence-corrected chi connectivity index (χ4v) is 4.01. The Morgan fingerprint density at radius 1 is 1.25 bits per heavy atom. The van der Waals surface area contributed by atoms with Gasteiger partial charge in [0.25, 0.3) is 0 Å². The van der Waals surface area contributed by atoms with Crippen LogP contribution in [-0.2, 0) is 0 Å². The highest BCUT2D eigenvalue weighted by Gasteiger charge is 2.17. The van der Waals surface area contributed by atoms with Gasteiger partial charge in [-0.25, -0.2) is 0 Å². The van der Waals surface area contributed by atoms with Crippen LogP contribution in [0.25, 0.3) is 0 Å². The Balaban J connectivity index is 2.26. The summed E-state index contributed by atoms with van der Waals surface area (Å²) in [6.45, 7) is -0.749. The third-order valence-electron chi connectivity index (χ3n) is 2.83. The normalized spacial score (nSPS) is 12.7. The minimum absolute atomic E-state index is 0.0173. The van der Waals surface area contributed by atoms with E-state index in [1.807, 2.05) is 14.0 Å². The number of hydrogen-bond donors (Lipinski definition) is 1. The summed E-state index contributed by atoms with van der Waals surface area (Å²) in [6, 6.07) is 8.78. The minimum Gasteiger partial charge on any atom is -0.435 e. The van der Waals surface area contributed by atoms with Crippen LogP contribution in [0.3, 0.4) is 0 Å². The van der Waals surface area contributed by atoms with Gasteiger partial charge in [-0.15, -0.1) is 11.3 Å². The predicted molar refractivity (Wildman–Crippen MR) is 80.7 cm³/mol. The minimum atomic E-state index is -2.80. The summed E-state index contributed by atoms with van der Waals surface area (Å²) >= 11 is 5.25. The first kappa shape index (κ1) is 15.4. The molecule has 0 saturated carbocycles. The van der Waals surface area contributed by atoms with E-state index in [0.29, 0.717) is 0 Å². The van der Waals surface area contributed by atoms with Crippen LogP contribution in [0.15, 0.2) is 34.8 Å². The topological polar surface area (TPSA) is 21.3 Å². The first-order chi connectivity index (χ1) is 9.51. The van der Waals surface area contributed by atoms with E-state index in [0.717, 1.165) is 14.9 Å². The van der Waals surface area contributed by atoms with Gasteiger partial charge in [0.15, 0.2) is 0 Å². The van der Waals surface area contributed by atoms with Gasteiger partial charge in [0, 0.05) is 14.2 Å². The summed E-state index contributed by atoms with van der Waals surface area (Å²) in [5.74, 6) is 0.167. The van der Waals surface area contributed by atoms with Crippen molar-refractivity contribution in [2.45, 2.75) is 19.6 Å². The van der Waals surface area contributed by atoms with Gasteiger partial charge in [-0.1, -0.05) is 12.1 Å². The summed E-state index contributed by atoms with van der Waals surface area (Å²) in [4.78, 5) is 2.37. The van der Waals surface area contributed by atoms with Crippen molar-refractivity contribution in [3.05, 3.63) is 50.1 Å². The second-order valence-electron chi connectivity index (χ2n) is 4.24. The maximum atomic E-state index is 12.1. The molecule has 0 fully saturated rings. The molecule has 2 aromatic rings. The lowest BCUT2D eigenvalue weighted by Crippen LogP contribution is -2.16. The smallest absolute Gasteiger partial charge is 0.387 e. The molecule has 1 heterocycles. The number of ether oxygens (including phenoxy) is 1. The second kappa shape index (κ2) is 6.65. The van der Waals surface area contributed by atoms with Crippen LogP contribution in [0.1, 0.15) is 21.4 Å². The Morgan fingerprint density at radius 3 is 2.35 bits per heavy atom. The van der Waals surface area contributed by atoms with Crippen molar-refractivity contribution < 1.29 is 13.5 Å². The first-order valence-corrected chi connectivity index (χ1v) is 7.60. The molecule has 6 heteroatoms. The molecule has 0 amide bonds. The van der Waals surface area contributed by atoms with E-state index < -0.39 is 6.61 Å². The fraction of sp³-hybridized carbons (Fsp3) is 0.286. The van der Waals surface area contributed by atoms with Crippen LogP contribution in [0, 0.1) is 6.92 Å². The summed E-state index contributed by atoms with van der Waals surface area (Å²) in [5, 5.41) is 3.24. The van der Waals surface area contributed by atoms with Crippen LogP contribution in [0.5, 0.6) is 5.75 Å². The van der Waals surface area contributed by atoms with Crippen LogP contribution in [0.2, 0.25) is 0 Å². The molecule has 0 aliphatic rings. The number of rotatable bonds is 5. The van der Waals surface area contributed by atoms with Crippen LogP contribution >= 0.6 is 27.3 Å². The zero-order valence-electron chi connectivity index (χ0n) is 11.0.